The highest BCUT2D eigenvalue weighted by Crippen LogP contribution is 2.51. The molecule has 1 fully saturated rings. The zero-order valence-corrected chi connectivity index (χ0v) is 17.8. The lowest BCUT2D eigenvalue weighted by Crippen LogP contribution is -2.33. The van der Waals surface area contributed by atoms with Gasteiger partial charge in [0.1, 0.15) is 0 Å². The van der Waals surface area contributed by atoms with Crippen molar-refractivity contribution in [2.24, 2.45) is 5.92 Å². The van der Waals surface area contributed by atoms with Crippen LogP contribution in [0.5, 0.6) is 0 Å². The predicted molar refractivity (Wildman–Crippen MR) is 116 cm³/mol. The number of benzene rings is 2. The number of alkyl halides is 5. The summed E-state index contributed by atoms with van der Waals surface area (Å²) in [4.78, 5) is 1.72. The van der Waals surface area contributed by atoms with Crippen LogP contribution in [0.2, 0.25) is 0 Å². The fraction of sp³-hybridized carbons (Fsp3) is 0.360. The molecule has 2 aliphatic rings. The Morgan fingerprint density at radius 1 is 1.09 bits per heavy atom. The molecule has 0 radical (unpaired) electrons. The Kier molecular flexibility index (Phi) is 5.55. The number of nitrogens with zero attached hydrogens (tertiary/aromatic N) is 1. The van der Waals surface area contributed by atoms with Crippen LogP contribution in [0, 0.1) is 5.92 Å². The highest BCUT2D eigenvalue weighted by molar-refractivity contribution is 5.82. The first-order valence-corrected chi connectivity index (χ1v) is 10.6. The first kappa shape index (κ1) is 22.4. The van der Waals surface area contributed by atoms with Crippen LogP contribution in [0.4, 0.5) is 22.0 Å². The molecule has 1 aliphatic heterocycles. The summed E-state index contributed by atoms with van der Waals surface area (Å²) in [7, 11) is 0. The number of fused-ring (bicyclic) bond motifs is 3. The Bertz CT molecular complexity index is 1060. The number of halogens is 5. The molecule has 2 nitrogen and oxygen atoms in total. The second-order valence-corrected chi connectivity index (χ2v) is 8.47. The smallest absolute Gasteiger partial charge is 0.379 e. The normalized spacial score (nSPS) is 21.2. The summed E-state index contributed by atoms with van der Waals surface area (Å²) in [6.45, 7) is 9.97. The van der Waals surface area contributed by atoms with E-state index in [1.54, 1.807) is 35.2 Å². The third kappa shape index (κ3) is 3.78. The van der Waals surface area contributed by atoms with E-state index < -0.39 is 18.0 Å². The molecule has 2 aromatic carbocycles. The Hall–Kier alpha value is -2.83. The van der Waals surface area contributed by atoms with Crippen molar-refractivity contribution in [3.05, 3.63) is 78.0 Å². The molecular formula is C25H25F5N2. The van der Waals surface area contributed by atoms with Gasteiger partial charge in [-0.3, -0.25) is 0 Å². The number of likely N-dealkylation sites (tertiary alicyclic amines) is 1. The van der Waals surface area contributed by atoms with Crippen molar-refractivity contribution in [2.45, 2.75) is 37.9 Å². The molecule has 1 N–H and O–H groups in total. The van der Waals surface area contributed by atoms with Crippen molar-refractivity contribution in [2.75, 3.05) is 13.1 Å². The van der Waals surface area contributed by atoms with E-state index >= 15 is 0 Å². The van der Waals surface area contributed by atoms with Gasteiger partial charge in [-0.15, -0.1) is 0 Å². The average Bonchev–Trinajstić information content (AvgIpc) is 3.30. The van der Waals surface area contributed by atoms with Crippen molar-refractivity contribution in [1.29, 1.82) is 0 Å². The number of nitrogens with one attached hydrogen (secondary N) is 1. The van der Waals surface area contributed by atoms with Gasteiger partial charge in [-0.25, -0.2) is 0 Å². The molecule has 0 bridgehead atoms. The minimum atomic E-state index is -4.22. The largest absolute Gasteiger partial charge is 0.393 e. The summed E-state index contributed by atoms with van der Waals surface area (Å²) in [5, 5.41) is 3.11. The maximum atomic E-state index is 14.7. The van der Waals surface area contributed by atoms with Crippen molar-refractivity contribution in [3.8, 4) is 11.1 Å². The molecule has 2 aromatic rings. The van der Waals surface area contributed by atoms with Crippen LogP contribution in [0.1, 0.15) is 36.5 Å². The molecule has 32 heavy (non-hydrogen) atoms. The zero-order chi connectivity index (χ0) is 23.3. The summed E-state index contributed by atoms with van der Waals surface area (Å²) in [5.41, 5.74) is 2.60. The molecule has 0 amide bonds. The summed E-state index contributed by atoms with van der Waals surface area (Å²) < 4.78 is 69.0. The van der Waals surface area contributed by atoms with E-state index in [2.05, 4.69) is 18.5 Å². The zero-order valence-electron chi connectivity index (χ0n) is 17.8. The van der Waals surface area contributed by atoms with Crippen molar-refractivity contribution >= 4 is 5.70 Å². The number of hydrogen-bond acceptors (Lipinski definition) is 2. The van der Waals surface area contributed by atoms with Gasteiger partial charge < -0.3 is 10.2 Å². The molecule has 0 saturated carbocycles. The highest BCUT2D eigenvalue weighted by Gasteiger charge is 2.47. The van der Waals surface area contributed by atoms with Crippen LogP contribution in [0.15, 0.2) is 61.3 Å². The molecule has 2 atom stereocenters. The van der Waals surface area contributed by atoms with Crippen molar-refractivity contribution < 1.29 is 22.0 Å². The van der Waals surface area contributed by atoms with Crippen LogP contribution in [-0.4, -0.2) is 30.2 Å². The SMILES string of the molecule is C=C(NCC(=C)N1C[C@H](C(F)(F)F)CC1CC)c1ccc2c(c1)-c1ccccc1C2(F)F. The van der Waals surface area contributed by atoms with Crippen LogP contribution in [-0.2, 0) is 5.92 Å². The molecule has 1 heterocycles. The van der Waals surface area contributed by atoms with Gasteiger partial charge in [0, 0.05) is 35.1 Å². The van der Waals surface area contributed by atoms with Gasteiger partial charge in [-0.1, -0.05) is 56.5 Å². The van der Waals surface area contributed by atoms with E-state index in [0.29, 0.717) is 34.5 Å². The quantitative estimate of drug-likeness (QED) is 0.505. The van der Waals surface area contributed by atoms with Crippen LogP contribution in [0.3, 0.4) is 0 Å². The minimum absolute atomic E-state index is 0.0158. The summed E-state index contributed by atoms with van der Waals surface area (Å²) in [5.74, 6) is -4.40. The van der Waals surface area contributed by atoms with Gasteiger partial charge in [0.15, 0.2) is 0 Å². The topological polar surface area (TPSA) is 15.3 Å². The van der Waals surface area contributed by atoms with Crippen LogP contribution < -0.4 is 5.32 Å². The molecule has 0 spiro atoms. The van der Waals surface area contributed by atoms with E-state index in [4.69, 9.17) is 0 Å². The fourth-order valence-electron chi connectivity index (χ4n) is 4.71. The molecule has 1 unspecified atom stereocenters. The average molecular weight is 448 g/mol. The van der Waals surface area contributed by atoms with E-state index in [-0.39, 0.29) is 36.7 Å². The Balaban J connectivity index is 1.47. The molecular weight excluding hydrogens is 423 g/mol. The lowest BCUT2D eigenvalue weighted by atomic mass is 10.0. The van der Waals surface area contributed by atoms with Gasteiger partial charge in [0.2, 0.25) is 0 Å². The summed E-state index contributed by atoms with van der Waals surface area (Å²) >= 11 is 0. The lowest BCUT2D eigenvalue weighted by Gasteiger charge is -2.28. The first-order valence-electron chi connectivity index (χ1n) is 10.6. The standard InChI is InChI=1S/C25H25F5N2/c1-4-19-12-18(25(28,29)30)14-32(19)15(2)13-31-16(3)17-9-10-23-21(11-17)20-7-5-6-8-22(20)24(23,26)27/h5-11,18-19,31H,2-4,12-14H2,1H3/t18-,19?/m1/s1. The molecule has 170 valence electrons. The van der Waals surface area contributed by atoms with Crippen molar-refractivity contribution in [3.63, 3.8) is 0 Å². The molecule has 4 rings (SSSR count). The third-order valence-corrected chi connectivity index (χ3v) is 6.52. The maximum Gasteiger partial charge on any atom is 0.393 e. The minimum Gasteiger partial charge on any atom is -0.379 e. The van der Waals surface area contributed by atoms with Gasteiger partial charge in [-0.05, 0) is 35.6 Å². The maximum absolute atomic E-state index is 14.7. The molecule has 0 aromatic heterocycles. The number of hydrogen-bond donors (Lipinski definition) is 1. The monoisotopic (exact) mass is 448 g/mol. The van der Waals surface area contributed by atoms with Gasteiger partial charge in [0.05, 0.1) is 12.5 Å². The highest BCUT2D eigenvalue weighted by atomic mass is 19.4. The van der Waals surface area contributed by atoms with E-state index in [9.17, 15) is 22.0 Å². The van der Waals surface area contributed by atoms with E-state index in [1.165, 1.54) is 12.1 Å². The van der Waals surface area contributed by atoms with Crippen LogP contribution in [0.25, 0.3) is 16.8 Å². The number of rotatable bonds is 6. The molecule has 1 aliphatic carbocycles. The fourth-order valence-corrected chi connectivity index (χ4v) is 4.71. The first-order chi connectivity index (χ1) is 15.0. The van der Waals surface area contributed by atoms with Crippen LogP contribution >= 0.6 is 0 Å². The van der Waals surface area contributed by atoms with E-state index in [1.807, 2.05) is 6.92 Å². The van der Waals surface area contributed by atoms with Gasteiger partial charge in [-0.2, -0.15) is 22.0 Å². The molecule has 1 saturated heterocycles. The summed E-state index contributed by atoms with van der Waals surface area (Å²) in [6, 6.07) is 10.9. The molecule has 7 heteroatoms. The van der Waals surface area contributed by atoms with Gasteiger partial charge >= 0.3 is 6.18 Å². The van der Waals surface area contributed by atoms with E-state index in [0.717, 1.165) is 0 Å². The lowest BCUT2D eigenvalue weighted by molar-refractivity contribution is -0.170. The Morgan fingerprint density at radius 2 is 1.78 bits per heavy atom. The van der Waals surface area contributed by atoms with Gasteiger partial charge in [0.25, 0.3) is 5.92 Å². The van der Waals surface area contributed by atoms with Crippen molar-refractivity contribution in [1.82, 2.24) is 10.2 Å². The Morgan fingerprint density at radius 3 is 2.47 bits per heavy atom. The second-order valence-electron chi connectivity index (χ2n) is 8.47. The second kappa shape index (κ2) is 7.94. The Labute approximate surface area is 184 Å². The predicted octanol–water partition coefficient (Wildman–Crippen LogP) is 6.54. The third-order valence-electron chi connectivity index (χ3n) is 6.52. The summed E-state index contributed by atoms with van der Waals surface area (Å²) in [6.07, 6.45) is -3.55.